The summed E-state index contributed by atoms with van der Waals surface area (Å²) in [5, 5.41) is 17.7. The maximum absolute atomic E-state index is 12.5. The summed E-state index contributed by atoms with van der Waals surface area (Å²) in [5.74, 6) is -2.09. The Kier molecular flexibility index (Phi) is 6.41. The van der Waals surface area contributed by atoms with Crippen LogP contribution >= 0.6 is 0 Å². The molecule has 0 heterocycles. The second kappa shape index (κ2) is 7.82. The molecule has 8 nitrogen and oxygen atoms in total. The molecule has 1 saturated carbocycles. The fourth-order valence-corrected chi connectivity index (χ4v) is 2.20. The van der Waals surface area contributed by atoms with Gasteiger partial charge in [0.25, 0.3) is 0 Å². The first-order valence-corrected chi connectivity index (χ1v) is 6.84. The van der Waals surface area contributed by atoms with Gasteiger partial charge in [0.05, 0.1) is 6.61 Å². The lowest BCUT2D eigenvalue weighted by molar-refractivity contribution is -0.140. The fraction of sp³-hybridized carbons (Fsp3) is 0.769. The Labute approximate surface area is 123 Å². The number of carboxylic acids is 2. The Morgan fingerprint density at radius 3 is 2.10 bits per heavy atom. The average Bonchev–Trinajstić information content (AvgIpc) is 3.20. The van der Waals surface area contributed by atoms with E-state index in [4.69, 9.17) is 14.9 Å². The molecule has 0 spiro atoms. The third kappa shape index (κ3) is 5.58. The molecule has 0 saturated heterocycles. The number of hydrogen-bond donors (Lipinski definition) is 2. The largest absolute Gasteiger partial charge is 0.480 e. The number of hydrogen-bond acceptors (Lipinski definition) is 4. The summed E-state index contributed by atoms with van der Waals surface area (Å²) >= 11 is 0. The van der Waals surface area contributed by atoms with Crippen molar-refractivity contribution in [3.63, 3.8) is 0 Å². The van der Waals surface area contributed by atoms with E-state index in [0.717, 1.165) is 17.7 Å². The van der Waals surface area contributed by atoms with E-state index < -0.39 is 31.1 Å². The molecule has 2 N–H and O–H groups in total. The predicted molar refractivity (Wildman–Crippen MR) is 73.0 cm³/mol. The molecular formula is C13H22N2O6. The first-order chi connectivity index (χ1) is 9.86. The second-order valence-corrected chi connectivity index (χ2v) is 5.19. The second-order valence-electron chi connectivity index (χ2n) is 5.19. The van der Waals surface area contributed by atoms with Crippen molar-refractivity contribution in [1.29, 1.82) is 0 Å². The van der Waals surface area contributed by atoms with Crippen molar-refractivity contribution in [3.8, 4) is 0 Å². The zero-order chi connectivity index (χ0) is 16.0. The van der Waals surface area contributed by atoms with Gasteiger partial charge in [0.15, 0.2) is 0 Å². The molecule has 1 rings (SSSR count). The molecular weight excluding hydrogens is 280 g/mol. The molecule has 0 radical (unpaired) electrons. The van der Waals surface area contributed by atoms with Gasteiger partial charge in [-0.25, -0.2) is 4.79 Å². The lowest BCUT2D eigenvalue weighted by atomic mass is 10.2. The van der Waals surface area contributed by atoms with Gasteiger partial charge in [-0.1, -0.05) is 0 Å². The number of ether oxygens (including phenoxy) is 1. The van der Waals surface area contributed by atoms with Crippen LogP contribution in [0.3, 0.4) is 0 Å². The number of aliphatic carboxylic acids is 2. The van der Waals surface area contributed by atoms with Gasteiger partial charge in [-0.3, -0.25) is 9.59 Å². The van der Waals surface area contributed by atoms with E-state index in [2.05, 4.69) is 0 Å². The van der Waals surface area contributed by atoms with Crippen LogP contribution in [0.25, 0.3) is 0 Å². The van der Waals surface area contributed by atoms with Gasteiger partial charge < -0.3 is 24.7 Å². The average molecular weight is 302 g/mol. The molecule has 2 amide bonds. The van der Waals surface area contributed by atoms with Crippen molar-refractivity contribution in [1.82, 2.24) is 9.80 Å². The van der Waals surface area contributed by atoms with Crippen LogP contribution in [-0.4, -0.2) is 77.4 Å². The molecule has 1 aliphatic carbocycles. The minimum absolute atomic E-state index is 0.0576. The van der Waals surface area contributed by atoms with E-state index in [1.165, 1.54) is 12.0 Å². The van der Waals surface area contributed by atoms with Crippen molar-refractivity contribution in [3.05, 3.63) is 0 Å². The third-order valence-corrected chi connectivity index (χ3v) is 3.50. The quantitative estimate of drug-likeness (QED) is 0.635. The molecule has 8 heteroatoms. The summed E-state index contributed by atoms with van der Waals surface area (Å²) in [5.41, 5.74) is 0. The van der Waals surface area contributed by atoms with Crippen LogP contribution in [-0.2, 0) is 14.3 Å². The Bertz CT molecular complexity index is 380. The third-order valence-electron chi connectivity index (χ3n) is 3.50. The van der Waals surface area contributed by atoms with Crippen LogP contribution in [0.5, 0.6) is 0 Å². The monoisotopic (exact) mass is 302 g/mol. The summed E-state index contributed by atoms with van der Waals surface area (Å²) in [6.45, 7) is 1.25. The highest BCUT2D eigenvalue weighted by Crippen LogP contribution is 2.35. The molecule has 1 fully saturated rings. The van der Waals surface area contributed by atoms with Gasteiger partial charge in [0, 0.05) is 19.7 Å². The molecule has 0 aromatic carbocycles. The molecule has 1 atom stereocenters. The standard InChI is InChI=1S/C13H22N2O6/c1-9(10-3-4-10)15(5-6-21-2)13(20)14(7-11(16)17)8-12(18)19/h9-10H,3-8H2,1-2H3,(H,16,17)(H,18,19). The Morgan fingerprint density at radius 2 is 1.71 bits per heavy atom. The Hall–Kier alpha value is -1.83. The number of urea groups is 1. The Morgan fingerprint density at radius 1 is 1.19 bits per heavy atom. The lowest BCUT2D eigenvalue weighted by Gasteiger charge is -2.33. The molecule has 1 unspecified atom stereocenters. The normalized spacial score (nSPS) is 15.3. The maximum atomic E-state index is 12.5. The number of nitrogens with zero attached hydrogens (tertiary/aromatic N) is 2. The van der Waals surface area contributed by atoms with E-state index in [1.54, 1.807) is 0 Å². The van der Waals surface area contributed by atoms with Gasteiger partial charge in [-0.2, -0.15) is 0 Å². The molecule has 0 aliphatic heterocycles. The van der Waals surface area contributed by atoms with Crippen LogP contribution in [0.15, 0.2) is 0 Å². The number of carbonyl (C=O) groups is 3. The van der Waals surface area contributed by atoms with Crippen molar-refractivity contribution in [2.45, 2.75) is 25.8 Å². The van der Waals surface area contributed by atoms with Crippen LogP contribution in [0.2, 0.25) is 0 Å². The molecule has 0 aromatic heterocycles. The van der Waals surface area contributed by atoms with Gasteiger partial charge in [-0.15, -0.1) is 0 Å². The number of rotatable bonds is 9. The van der Waals surface area contributed by atoms with Crippen LogP contribution in [0, 0.1) is 5.92 Å². The van der Waals surface area contributed by atoms with E-state index in [9.17, 15) is 14.4 Å². The van der Waals surface area contributed by atoms with Gasteiger partial charge in [0.2, 0.25) is 0 Å². The van der Waals surface area contributed by atoms with Crippen molar-refractivity contribution in [2.75, 3.05) is 33.4 Å². The summed E-state index contributed by atoms with van der Waals surface area (Å²) in [6.07, 6.45) is 2.05. The van der Waals surface area contributed by atoms with Crippen LogP contribution in [0.4, 0.5) is 4.79 Å². The zero-order valence-corrected chi connectivity index (χ0v) is 12.3. The number of carboxylic acid groups (broad SMARTS) is 2. The van der Waals surface area contributed by atoms with E-state index >= 15 is 0 Å². The van der Waals surface area contributed by atoms with E-state index in [-0.39, 0.29) is 6.04 Å². The predicted octanol–water partition coefficient (Wildman–Crippen LogP) is 0.325. The molecule has 120 valence electrons. The van der Waals surface area contributed by atoms with E-state index in [0.29, 0.717) is 19.1 Å². The minimum Gasteiger partial charge on any atom is -0.480 e. The summed E-state index contributed by atoms with van der Waals surface area (Å²) < 4.78 is 4.97. The maximum Gasteiger partial charge on any atom is 0.323 e. The summed E-state index contributed by atoms with van der Waals surface area (Å²) in [7, 11) is 1.51. The van der Waals surface area contributed by atoms with Gasteiger partial charge in [0.1, 0.15) is 13.1 Å². The molecule has 21 heavy (non-hydrogen) atoms. The van der Waals surface area contributed by atoms with Gasteiger partial charge in [-0.05, 0) is 25.7 Å². The topological polar surface area (TPSA) is 107 Å². The summed E-state index contributed by atoms with van der Waals surface area (Å²) in [4.78, 5) is 36.4. The van der Waals surface area contributed by atoms with Crippen molar-refractivity contribution < 1.29 is 29.3 Å². The highest BCUT2D eigenvalue weighted by atomic mass is 16.5. The summed E-state index contributed by atoms with van der Waals surface area (Å²) in [6, 6.07) is -0.631. The first kappa shape index (κ1) is 17.2. The lowest BCUT2D eigenvalue weighted by Crippen LogP contribution is -2.51. The molecule has 1 aliphatic rings. The minimum atomic E-state index is -1.24. The first-order valence-electron chi connectivity index (χ1n) is 6.84. The number of carbonyl (C=O) groups excluding carboxylic acids is 1. The van der Waals surface area contributed by atoms with Crippen molar-refractivity contribution >= 4 is 18.0 Å². The van der Waals surface area contributed by atoms with Crippen LogP contribution in [0.1, 0.15) is 19.8 Å². The molecule has 0 bridgehead atoms. The smallest absolute Gasteiger partial charge is 0.323 e. The molecule has 0 aromatic rings. The number of amides is 2. The number of methoxy groups -OCH3 is 1. The SMILES string of the molecule is COCCN(C(=O)N(CC(=O)O)CC(=O)O)C(C)C1CC1. The fourth-order valence-electron chi connectivity index (χ4n) is 2.20. The Balaban J connectivity index is 2.81. The van der Waals surface area contributed by atoms with Crippen LogP contribution < -0.4 is 0 Å². The van der Waals surface area contributed by atoms with Crippen molar-refractivity contribution in [2.24, 2.45) is 5.92 Å². The van der Waals surface area contributed by atoms with E-state index in [1.807, 2.05) is 6.92 Å². The highest BCUT2D eigenvalue weighted by molar-refractivity contribution is 5.84. The zero-order valence-electron chi connectivity index (χ0n) is 12.3. The van der Waals surface area contributed by atoms with Gasteiger partial charge >= 0.3 is 18.0 Å². The highest BCUT2D eigenvalue weighted by Gasteiger charge is 2.36.